The highest BCUT2D eigenvalue weighted by Gasteiger charge is 2.13. The molecule has 0 saturated carbocycles. The minimum atomic E-state index is -0.432. The van der Waals surface area contributed by atoms with E-state index >= 15 is 0 Å². The fourth-order valence-electron chi connectivity index (χ4n) is 1.83. The molecule has 0 atom stereocenters. The first-order valence-corrected chi connectivity index (χ1v) is 7.27. The predicted molar refractivity (Wildman–Crippen MR) is 83.2 cm³/mol. The van der Waals surface area contributed by atoms with E-state index in [4.69, 9.17) is 4.74 Å². The molecule has 0 fully saturated rings. The van der Waals surface area contributed by atoms with E-state index in [0.717, 1.165) is 4.47 Å². The number of hydrogen-bond donors (Lipinski definition) is 1. The van der Waals surface area contributed by atoms with E-state index in [-0.39, 0.29) is 12.5 Å². The Balaban J connectivity index is 2.01. The Morgan fingerprint density at radius 2 is 1.95 bits per heavy atom. The fraction of sp³-hybridized carbons (Fsp3) is 0.200. The van der Waals surface area contributed by atoms with Gasteiger partial charge in [-0.05, 0) is 43.3 Å². The van der Waals surface area contributed by atoms with E-state index in [2.05, 4.69) is 21.2 Å². The molecule has 0 radical (unpaired) electrons. The Kier molecular flexibility index (Phi) is 5.16. The molecule has 21 heavy (non-hydrogen) atoms. The summed E-state index contributed by atoms with van der Waals surface area (Å²) in [5.41, 5.74) is 1.07. The zero-order valence-electron chi connectivity index (χ0n) is 11.5. The Bertz CT molecular complexity index is 635. The van der Waals surface area contributed by atoms with Crippen molar-refractivity contribution < 1.29 is 14.3 Å². The molecule has 1 aromatic carbocycles. The monoisotopic (exact) mass is 350 g/mol. The van der Waals surface area contributed by atoms with Crippen LogP contribution in [0.25, 0.3) is 0 Å². The molecule has 0 aliphatic carbocycles. The number of anilines is 1. The van der Waals surface area contributed by atoms with Crippen LogP contribution in [0.3, 0.4) is 0 Å². The van der Waals surface area contributed by atoms with E-state index in [1.165, 1.54) is 0 Å². The van der Waals surface area contributed by atoms with E-state index < -0.39 is 5.97 Å². The molecule has 0 aliphatic rings. The van der Waals surface area contributed by atoms with Crippen molar-refractivity contribution in [2.45, 2.75) is 13.5 Å². The van der Waals surface area contributed by atoms with E-state index in [1.54, 1.807) is 42.0 Å². The van der Waals surface area contributed by atoms with Crippen LogP contribution < -0.4 is 5.32 Å². The smallest absolute Gasteiger partial charge is 0.354 e. The largest absolute Gasteiger partial charge is 0.461 e. The van der Waals surface area contributed by atoms with Crippen molar-refractivity contribution in [3.05, 3.63) is 52.8 Å². The van der Waals surface area contributed by atoms with E-state index in [0.29, 0.717) is 18.0 Å². The lowest BCUT2D eigenvalue weighted by Crippen LogP contribution is -2.21. The first-order chi connectivity index (χ1) is 10.1. The van der Waals surface area contributed by atoms with Gasteiger partial charge in [0.15, 0.2) is 0 Å². The first kappa shape index (κ1) is 15.3. The topological polar surface area (TPSA) is 60.3 Å². The standard InChI is InChI=1S/C15H15BrN2O3/c1-2-21-15(20)13-4-3-9-18(13)10-14(19)17-12-7-5-11(16)6-8-12/h3-9H,2,10H2,1H3,(H,17,19). The SMILES string of the molecule is CCOC(=O)c1cccn1CC(=O)Nc1ccc(Br)cc1. The fourth-order valence-corrected chi connectivity index (χ4v) is 2.10. The summed E-state index contributed by atoms with van der Waals surface area (Å²) in [5, 5.41) is 2.77. The number of rotatable bonds is 5. The molecule has 0 unspecified atom stereocenters. The summed E-state index contributed by atoms with van der Waals surface area (Å²) in [4.78, 5) is 23.7. The van der Waals surface area contributed by atoms with Crippen LogP contribution in [0.2, 0.25) is 0 Å². The number of hydrogen-bond acceptors (Lipinski definition) is 3. The minimum Gasteiger partial charge on any atom is -0.461 e. The molecule has 2 rings (SSSR count). The van der Waals surface area contributed by atoms with Crippen LogP contribution >= 0.6 is 15.9 Å². The summed E-state index contributed by atoms with van der Waals surface area (Å²) in [6, 6.07) is 10.6. The maximum atomic E-state index is 12.0. The van der Waals surface area contributed by atoms with Gasteiger partial charge in [0.1, 0.15) is 12.2 Å². The van der Waals surface area contributed by atoms with Crippen molar-refractivity contribution in [3.63, 3.8) is 0 Å². The third-order valence-corrected chi connectivity index (χ3v) is 3.28. The third kappa shape index (κ3) is 4.19. The van der Waals surface area contributed by atoms with Crippen LogP contribution in [0.5, 0.6) is 0 Å². The second-order valence-corrected chi connectivity index (χ2v) is 5.21. The zero-order valence-corrected chi connectivity index (χ0v) is 13.1. The minimum absolute atomic E-state index is 0.0528. The Labute approximate surface area is 131 Å². The summed E-state index contributed by atoms with van der Waals surface area (Å²) in [6.07, 6.45) is 1.67. The highest BCUT2D eigenvalue weighted by molar-refractivity contribution is 9.10. The number of ether oxygens (including phenoxy) is 1. The van der Waals surface area contributed by atoms with Crippen molar-refractivity contribution in [1.29, 1.82) is 0 Å². The van der Waals surface area contributed by atoms with Crippen LogP contribution in [0.4, 0.5) is 5.69 Å². The summed E-state index contributed by atoms with van der Waals surface area (Å²) in [6.45, 7) is 2.09. The lowest BCUT2D eigenvalue weighted by Gasteiger charge is -2.09. The van der Waals surface area contributed by atoms with Crippen LogP contribution in [0.1, 0.15) is 17.4 Å². The molecule has 0 saturated heterocycles. The van der Waals surface area contributed by atoms with Crippen molar-refractivity contribution in [2.24, 2.45) is 0 Å². The van der Waals surface area contributed by atoms with Gasteiger partial charge in [0.2, 0.25) is 5.91 Å². The molecule has 0 spiro atoms. The summed E-state index contributed by atoms with van der Waals surface area (Å²) >= 11 is 3.33. The maximum absolute atomic E-state index is 12.0. The molecule has 0 aliphatic heterocycles. The van der Waals surface area contributed by atoms with Gasteiger partial charge >= 0.3 is 5.97 Å². The lowest BCUT2D eigenvalue weighted by molar-refractivity contribution is -0.116. The van der Waals surface area contributed by atoms with Gasteiger partial charge in [-0.15, -0.1) is 0 Å². The molecule has 1 heterocycles. The van der Waals surface area contributed by atoms with Gasteiger partial charge in [0, 0.05) is 16.4 Å². The van der Waals surface area contributed by atoms with Gasteiger partial charge in [-0.2, -0.15) is 0 Å². The van der Waals surface area contributed by atoms with Crippen LogP contribution in [-0.4, -0.2) is 23.1 Å². The van der Waals surface area contributed by atoms with Crippen molar-refractivity contribution >= 4 is 33.5 Å². The van der Waals surface area contributed by atoms with Crippen LogP contribution in [-0.2, 0) is 16.1 Å². The van der Waals surface area contributed by atoms with Crippen LogP contribution in [0, 0.1) is 0 Å². The molecular weight excluding hydrogens is 336 g/mol. The molecule has 5 nitrogen and oxygen atoms in total. The second kappa shape index (κ2) is 7.08. The number of benzene rings is 1. The van der Waals surface area contributed by atoms with E-state index in [1.807, 2.05) is 12.1 Å². The lowest BCUT2D eigenvalue weighted by atomic mass is 10.3. The normalized spacial score (nSPS) is 10.2. The number of carbonyl (C=O) groups excluding carboxylic acids is 2. The van der Waals surface area contributed by atoms with Crippen molar-refractivity contribution in [2.75, 3.05) is 11.9 Å². The van der Waals surface area contributed by atoms with Crippen molar-refractivity contribution in [1.82, 2.24) is 4.57 Å². The highest BCUT2D eigenvalue weighted by Crippen LogP contribution is 2.14. The molecule has 110 valence electrons. The second-order valence-electron chi connectivity index (χ2n) is 4.30. The Hall–Kier alpha value is -2.08. The Morgan fingerprint density at radius 3 is 2.62 bits per heavy atom. The number of nitrogens with one attached hydrogen (secondary N) is 1. The average Bonchev–Trinajstić information content (AvgIpc) is 2.90. The van der Waals surface area contributed by atoms with Crippen molar-refractivity contribution in [3.8, 4) is 0 Å². The quantitative estimate of drug-likeness (QED) is 0.843. The van der Waals surface area contributed by atoms with Gasteiger partial charge in [0.05, 0.1) is 6.61 Å². The third-order valence-electron chi connectivity index (χ3n) is 2.76. The highest BCUT2D eigenvalue weighted by atomic mass is 79.9. The van der Waals surface area contributed by atoms with Gasteiger partial charge in [-0.3, -0.25) is 4.79 Å². The number of carbonyl (C=O) groups is 2. The summed E-state index contributed by atoms with van der Waals surface area (Å²) in [5.74, 6) is -0.641. The predicted octanol–water partition coefficient (Wildman–Crippen LogP) is 3.07. The van der Waals surface area contributed by atoms with Gasteiger partial charge < -0.3 is 14.6 Å². The number of halogens is 1. The maximum Gasteiger partial charge on any atom is 0.354 e. The molecule has 1 aromatic heterocycles. The van der Waals surface area contributed by atoms with Gasteiger partial charge in [-0.1, -0.05) is 15.9 Å². The zero-order chi connectivity index (χ0) is 15.2. The van der Waals surface area contributed by atoms with Crippen LogP contribution in [0.15, 0.2) is 47.1 Å². The number of esters is 1. The molecular formula is C15H15BrN2O3. The number of aromatic nitrogens is 1. The Morgan fingerprint density at radius 1 is 1.24 bits per heavy atom. The summed E-state index contributed by atoms with van der Waals surface area (Å²) < 4.78 is 7.45. The first-order valence-electron chi connectivity index (χ1n) is 6.48. The summed E-state index contributed by atoms with van der Waals surface area (Å²) in [7, 11) is 0. The molecule has 6 heteroatoms. The molecule has 2 aromatic rings. The average molecular weight is 351 g/mol. The number of nitrogens with zero attached hydrogens (tertiary/aromatic N) is 1. The molecule has 0 bridgehead atoms. The van der Waals surface area contributed by atoms with Gasteiger partial charge in [-0.25, -0.2) is 4.79 Å². The van der Waals surface area contributed by atoms with Gasteiger partial charge in [0.25, 0.3) is 0 Å². The molecule has 1 amide bonds. The number of amides is 1. The molecule has 1 N–H and O–H groups in total. The van der Waals surface area contributed by atoms with E-state index in [9.17, 15) is 9.59 Å².